The Hall–Kier alpha value is -1.03. The van der Waals surface area contributed by atoms with E-state index < -0.39 is 11.6 Å². The van der Waals surface area contributed by atoms with Gasteiger partial charge in [0, 0.05) is 0 Å². The van der Waals surface area contributed by atoms with Gasteiger partial charge in [0.15, 0.2) is 0 Å². The summed E-state index contributed by atoms with van der Waals surface area (Å²) in [4.78, 5) is 11.6. The first kappa shape index (κ1) is 11.0. The molecule has 0 saturated carbocycles. The summed E-state index contributed by atoms with van der Waals surface area (Å²) in [5.41, 5.74) is -0.103. The highest BCUT2D eigenvalue weighted by Crippen LogP contribution is 2.16. The van der Waals surface area contributed by atoms with E-state index in [1.54, 1.807) is 0 Å². The van der Waals surface area contributed by atoms with Crippen LogP contribution in [0.2, 0.25) is 0 Å². The monoisotopic (exact) mass is 199 g/mol. The number of aliphatic hydroxyl groups excluding tert-OH is 1. The molecule has 80 valence electrons. The lowest BCUT2D eigenvalue weighted by atomic mass is 10.1. The summed E-state index contributed by atoms with van der Waals surface area (Å²) in [6.45, 7) is 6.49. The molecule has 0 amide bonds. The minimum atomic E-state index is -0.505. The van der Waals surface area contributed by atoms with Gasteiger partial charge < -0.3 is 15.2 Å². The Labute approximate surface area is 83.9 Å². The molecule has 4 heteroatoms. The van der Waals surface area contributed by atoms with E-state index >= 15 is 0 Å². The van der Waals surface area contributed by atoms with Crippen LogP contribution in [0.15, 0.2) is 11.3 Å². The van der Waals surface area contributed by atoms with Crippen molar-refractivity contribution < 1.29 is 14.6 Å². The highest BCUT2D eigenvalue weighted by Gasteiger charge is 2.24. The molecule has 0 aromatic heterocycles. The van der Waals surface area contributed by atoms with Gasteiger partial charge in [-0.2, -0.15) is 0 Å². The van der Waals surface area contributed by atoms with Crippen molar-refractivity contribution in [1.29, 1.82) is 0 Å². The number of rotatable bonds is 1. The third kappa shape index (κ3) is 3.03. The molecule has 0 atom stereocenters. The van der Waals surface area contributed by atoms with E-state index in [0.717, 1.165) is 0 Å². The highest BCUT2D eigenvalue weighted by atomic mass is 16.6. The molecule has 2 N–H and O–H groups in total. The standard InChI is InChI=1S/C10H17NO3/c1-10(2,3)14-9(13)7-4-5-11-6-8(7)12/h11-12H,4-6H2,1-3H3. The summed E-state index contributed by atoms with van der Waals surface area (Å²) in [6.07, 6.45) is 0.529. The average molecular weight is 199 g/mol. The van der Waals surface area contributed by atoms with Crippen molar-refractivity contribution in [2.45, 2.75) is 32.8 Å². The first-order valence-corrected chi connectivity index (χ1v) is 4.75. The number of hydrogen-bond acceptors (Lipinski definition) is 4. The second-order valence-corrected chi connectivity index (χ2v) is 4.35. The van der Waals surface area contributed by atoms with Crippen LogP contribution in [0.25, 0.3) is 0 Å². The number of carbonyl (C=O) groups is 1. The fourth-order valence-electron chi connectivity index (χ4n) is 1.23. The van der Waals surface area contributed by atoms with Crippen LogP contribution in [0.4, 0.5) is 0 Å². The van der Waals surface area contributed by atoms with E-state index in [1.165, 1.54) is 0 Å². The number of nitrogens with one attached hydrogen (secondary N) is 1. The van der Waals surface area contributed by atoms with Gasteiger partial charge in [-0.3, -0.25) is 0 Å². The van der Waals surface area contributed by atoms with Crippen LogP contribution in [0, 0.1) is 0 Å². The number of aliphatic hydroxyl groups is 1. The Bertz CT molecular complexity index is 263. The Morgan fingerprint density at radius 1 is 1.50 bits per heavy atom. The number of ether oxygens (including phenoxy) is 1. The predicted molar refractivity (Wildman–Crippen MR) is 53.0 cm³/mol. The van der Waals surface area contributed by atoms with Crippen LogP contribution < -0.4 is 5.32 Å². The fourth-order valence-corrected chi connectivity index (χ4v) is 1.23. The van der Waals surface area contributed by atoms with Gasteiger partial charge in [-0.15, -0.1) is 0 Å². The SMILES string of the molecule is CC(C)(C)OC(=O)C1=C(O)CNCC1. The van der Waals surface area contributed by atoms with Crippen LogP contribution in [-0.2, 0) is 9.53 Å². The summed E-state index contributed by atoms with van der Waals surface area (Å²) in [5.74, 6) is -0.304. The Kier molecular flexibility index (Phi) is 3.16. The molecule has 0 radical (unpaired) electrons. The zero-order valence-corrected chi connectivity index (χ0v) is 8.89. The van der Waals surface area contributed by atoms with Crippen molar-refractivity contribution >= 4 is 5.97 Å². The van der Waals surface area contributed by atoms with Crippen LogP contribution in [-0.4, -0.2) is 29.8 Å². The summed E-state index contributed by atoms with van der Waals surface area (Å²) in [5, 5.41) is 12.4. The van der Waals surface area contributed by atoms with Gasteiger partial charge in [0.2, 0.25) is 0 Å². The smallest absolute Gasteiger partial charge is 0.338 e. The first-order valence-electron chi connectivity index (χ1n) is 4.75. The van der Waals surface area contributed by atoms with E-state index in [0.29, 0.717) is 25.1 Å². The molecule has 14 heavy (non-hydrogen) atoms. The van der Waals surface area contributed by atoms with Gasteiger partial charge in [0.25, 0.3) is 0 Å². The van der Waals surface area contributed by atoms with Gasteiger partial charge in [-0.25, -0.2) is 4.79 Å². The second kappa shape index (κ2) is 4.00. The second-order valence-electron chi connectivity index (χ2n) is 4.35. The molecule has 0 aromatic carbocycles. The molecule has 0 unspecified atom stereocenters. The maximum absolute atomic E-state index is 11.6. The van der Waals surface area contributed by atoms with E-state index in [-0.39, 0.29) is 5.76 Å². The maximum Gasteiger partial charge on any atom is 0.338 e. The number of esters is 1. The van der Waals surface area contributed by atoms with Gasteiger partial charge >= 0.3 is 5.97 Å². The number of carbonyl (C=O) groups excluding carboxylic acids is 1. The van der Waals surface area contributed by atoms with E-state index in [1.807, 2.05) is 20.8 Å². The third-order valence-corrected chi connectivity index (χ3v) is 1.84. The molecule has 0 aromatic rings. The van der Waals surface area contributed by atoms with E-state index in [4.69, 9.17) is 4.74 Å². The van der Waals surface area contributed by atoms with Crippen molar-refractivity contribution in [3.8, 4) is 0 Å². The van der Waals surface area contributed by atoms with Crippen molar-refractivity contribution in [3.63, 3.8) is 0 Å². The fraction of sp³-hybridized carbons (Fsp3) is 0.700. The molecule has 0 fully saturated rings. The van der Waals surface area contributed by atoms with E-state index in [9.17, 15) is 9.90 Å². The van der Waals surface area contributed by atoms with Crippen molar-refractivity contribution in [3.05, 3.63) is 11.3 Å². The molecule has 1 heterocycles. The molecule has 1 rings (SSSR count). The lowest BCUT2D eigenvalue weighted by Crippen LogP contribution is -2.31. The van der Waals surface area contributed by atoms with Crippen LogP contribution >= 0.6 is 0 Å². The molecule has 0 saturated heterocycles. The molecule has 1 aliphatic rings. The van der Waals surface area contributed by atoms with Crippen LogP contribution in [0.3, 0.4) is 0 Å². The Morgan fingerprint density at radius 3 is 2.64 bits per heavy atom. The van der Waals surface area contributed by atoms with Gasteiger partial charge in [0.05, 0.1) is 12.1 Å². The molecule has 1 aliphatic heterocycles. The molecule has 0 bridgehead atoms. The third-order valence-electron chi connectivity index (χ3n) is 1.84. The van der Waals surface area contributed by atoms with Crippen LogP contribution in [0.1, 0.15) is 27.2 Å². The molecular formula is C10H17NO3. The predicted octanol–water partition coefficient (Wildman–Crippen LogP) is 1.13. The molecular weight excluding hydrogens is 182 g/mol. The minimum Gasteiger partial charge on any atom is -0.510 e. The summed E-state index contributed by atoms with van der Waals surface area (Å²) >= 11 is 0. The summed E-state index contributed by atoms with van der Waals surface area (Å²) in [6, 6.07) is 0. The Balaban J connectivity index is 2.69. The van der Waals surface area contributed by atoms with Gasteiger partial charge in [-0.05, 0) is 33.7 Å². The van der Waals surface area contributed by atoms with Gasteiger partial charge in [0.1, 0.15) is 11.4 Å². The van der Waals surface area contributed by atoms with Crippen LogP contribution in [0.5, 0.6) is 0 Å². The maximum atomic E-state index is 11.6. The zero-order chi connectivity index (χ0) is 10.8. The number of hydrogen-bond donors (Lipinski definition) is 2. The average Bonchev–Trinajstić information content (AvgIpc) is 2.01. The first-order chi connectivity index (χ1) is 6.40. The minimum absolute atomic E-state index is 0.102. The van der Waals surface area contributed by atoms with Crippen molar-refractivity contribution in [2.24, 2.45) is 0 Å². The van der Waals surface area contributed by atoms with Crippen molar-refractivity contribution in [1.82, 2.24) is 5.32 Å². The summed E-state index contributed by atoms with van der Waals surface area (Å²) < 4.78 is 5.16. The largest absolute Gasteiger partial charge is 0.510 e. The zero-order valence-electron chi connectivity index (χ0n) is 8.89. The summed E-state index contributed by atoms with van der Waals surface area (Å²) in [7, 11) is 0. The molecule has 0 aliphatic carbocycles. The topological polar surface area (TPSA) is 58.6 Å². The van der Waals surface area contributed by atoms with Gasteiger partial charge in [-0.1, -0.05) is 0 Å². The lowest BCUT2D eigenvalue weighted by molar-refractivity contribution is -0.150. The van der Waals surface area contributed by atoms with Crippen molar-refractivity contribution in [2.75, 3.05) is 13.1 Å². The normalized spacial score (nSPS) is 18.2. The lowest BCUT2D eigenvalue weighted by Gasteiger charge is -2.22. The highest BCUT2D eigenvalue weighted by molar-refractivity contribution is 5.89. The molecule has 4 nitrogen and oxygen atoms in total. The Morgan fingerprint density at radius 2 is 2.14 bits per heavy atom. The quantitative estimate of drug-likeness (QED) is 0.622. The van der Waals surface area contributed by atoms with E-state index in [2.05, 4.69) is 5.32 Å². The molecule has 0 spiro atoms.